The standard InChI is InChI=1S/C13H11N5O2/c19-12(17-13-15-8-16-18-13)7-20-10-5-9-3-1-2-4-11(9)14-6-10/h1-6,8H,7H2,(H2,15,16,17,18,19). The third kappa shape index (κ3) is 2.72. The fraction of sp³-hybridized carbons (Fsp3) is 0.0769. The quantitative estimate of drug-likeness (QED) is 0.746. The lowest BCUT2D eigenvalue weighted by Gasteiger charge is -2.06. The number of benzene rings is 1. The van der Waals surface area contributed by atoms with Gasteiger partial charge in [0.25, 0.3) is 5.91 Å². The van der Waals surface area contributed by atoms with Crippen LogP contribution in [0, 0.1) is 0 Å². The monoisotopic (exact) mass is 269 g/mol. The lowest BCUT2D eigenvalue weighted by atomic mass is 10.2. The molecule has 7 heteroatoms. The predicted octanol–water partition coefficient (Wildman–Crippen LogP) is 1.37. The molecule has 0 fully saturated rings. The molecule has 20 heavy (non-hydrogen) atoms. The van der Waals surface area contributed by atoms with Crippen molar-refractivity contribution in [3.05, 3.63) is 42.9 Å². The number of rotatable bonds is 4. The molecule has 0 saturated heterocycles. The van der Waals surface area contributed by atoms with Crippen molar-refractivity contribution < 1.29 is 9.53 Å². The highest BCUT2D eigenvalue weighted by atomic mass is 16.5. The molecule has 0 aliphatic carbocycles. The van der Waals surface area contributed by atoms with Crippen LogP contribution in [-0.4, -0.2) is 32.7 Å². The van der Waals surface area contributed by atoms with Crippen LogP contribution in [0.3, 0.4) is 0 Å². The number of carbonyl (C=O) groups excluding carboxylic acids is 1. The first-order valence-corrected chi connectivity index (χ1v) is 5.94. The van der Waals surface area contributed by atoms with E-state index in [0.29, 0.717) is 5.75 Å². The van der Waals surface area contributed by atoms with Crippen LogP contribution in [0.15, 0.2) is 42.9 Å². The Morgan fingerprint density at radius 3 is 3.05 bits per heavy atom. The number of ether oxygens (including phenoxy) is 1. The summed E-state index contributed by atoms with van der Waals surface area (Å²) in [5, 5.41) is 9.63. The van der Waals surface area contributed by atoms with Crippen molar-refractivity contribution in [2.24, 2.45) is 0 Å². The van der Waals surface area contributed by atoms with Crippen molar-refractivity contribution in [2.75, 3.05) is 11.9 Å². The van der Waals surface area contributed by atoms with Crippen LogP contribution >= 0.6 is 0 Å². The van der Waals surface area contributed by atoms with Crippen LogP contribution in [0.4, 0.5) is 5.95 Å². The molecular weight excluding hydrogens is 258 g/mol. The van der Waals surface area contributed by atoms with Crippen LogP contribution in [-0.2, 0) is 4.79 Å². The summed E-state index contributed by atoms with van der Waals surface area (Å²) in [4.78, 5) is 19.6. The second-order valence-corrected chi connectivity index (χ2v) is 4.03. The number of nitrogens with one attached hydrogen (secondary N) is 2. The number of nitrogens with zero attached hydrogens (tertiary/aromatic N) is 3. The number of carbonyl (C=O) groups is 1. The number of aromatic amines is 1. The maximum Gasteiger partial charge on any atom is 0.264 e. The largest absolute Gasteiger partial charge is 0.482 e. The summed E-state index contributed by atoms with van der Waals surface area (Å²) >= 11 is 0. The van der Waals surface area contributed by atoms with Crippen LogP contribution in [0.5, 0.6) is 5.75 Å². The molecule has 0 spiro atoms. The average molecular weight is 269 g/mol. The summed E-state index contributed by atoms with van der Waals surface area (Å²) in [6.45, 7) is -0.124. The van der Waals surface area contributed by atoms with Gasteiger partial charge in [-0.25, -0.2) is 5.10 Å². The van der Waals surface area contributed by atoms with Crippen molar-refractivity contribution in [1.82, 2.24) is 20.2 Å². The molecule has 0 radical (unpaired) electrons. The Balaban J connectivity index is 1.63. The normalized spacial score (nSPS) is 10.4. The summed E-state index contributed by atoms with van der Waals surface area (Å²) in [6.07, 6.45) is 2.90. The van der Waals surface area contributed by atoms with E-state index >= 15 is 0 Å². The second-order valence-electron chi connectivity index (χ2n) is 4.03. The molecule has 0 aliphatic heterocycles. The highest BCUT2D eigenvalue weighted by Crippen LogP contribution is 2.17. The zero-order valence-corrected chi connectivity index (χ0v) is 10.4. The minimum Gasteiger partial charge on any atom is -0.482 e. The molecule has 2 aromatic heterocycles. The van der Waals surface area contributed by atoms with Gasteiger partial charge in [-0.05, 0) is 12.1 Å². The lowest BCUT2D eigenvalue weighted by Crippen LogP contribution is -2.20. The Kier molecular flexibility index (Phi) is 3.24. The molecule has 3 aromatic rings. The average Bonchev–Trinajstić information content (AvgIpc) is 2.98. The van der Waals surface area contributed by atoms with Gasteiger partial charge in [-0.1, -0.05) is 18.2 Å². The molecule has 0 aliphatic rings. The van der Waals surface area contributed by atoms with Gasteiger partial charge < -0.3 is 4.74 Å². The van der Waals surface area contributed by atoms with E-state index < -0.39 is 0 Å². The van der Waals surface area contributed by atoms with Gasteiger partial charge in [-0.15, -0.1) is 0 Å². The van der Waals surface area contributed by atoms with Crippen LogP contribution < -0.4 is 10.1 Å². The predicted molar refractivity (Wildman–Crippen MR) is 72.3 cm³/mol. The van der Waals surface area contributed by atoms with E-state index in [9.17, 15) is 4.79 Å². The molecule has 1 aromatic carbocycles. The van der Waals surface area contributed by atoms with E-state index in [1.807, 2.05) is 30.3 Å². The molecule has 3 rings (SSSR count). The summed E-state index contributed by atoms with van der Waals surface area (Å²) in [5.41, 5.74) is 0.881. The molecule has 2 heterocycles. The smallest absolute Gasteiger partial charge is 0.264 e. The van der Waals surface area contributed by atoms with Gasteiger partial charge >= 0.3 is 0 Å². The van der Waals surface area contributed by atoms with E-state index in [1.165, 1.54) is 6.33 Å². The maximum atomic E-state index is 11.6. The number of amides is 1. The number of hydrogen-bond acceptors (Lipinski definition) is 5. The Labute approximate surface area is 114 Å². The highest BCUT2D eigenvalue weighted by molar-refractivity contribution is 5.90. The van der Waals surface area contributed by atoms with E-state index in [2.05, 4.69) is 25.5 Å². The number of para-hydroxylation sites is 1. The second kappa shape index (κ2) is 5.35. The zero-order valence-electron chi connectivity index (χ0n) is 10.4. The van der Waals surface area contributed by atoms with E-state index in [4.69, 9.17) is 4.74 Å². The summed E-state index contributed by atoms with van der Waals surface area (Å²) in [6, 6.07) is 9.52. The van der Waals surface area contributed by atoms with Gasteiger partial charge in [0, 0.05) is 5.39 Å². The lowest BCUT2D eigenvalue weighted by molar-refractivity contribution is -0.118. The number of anilines is 1. The first kappa shape index (κ1) is 12.1. The van der Waals surface area contributed by atoms with Gasteiger partial charge in [0.05, 0.1) is 11.7 Å². The first-order valence-electron chi connectivity index (χ1n) is 5.94. The molecule has 0 bridgehead atoms. The summed E-state index contributed by atoms with van der Waals surface area (Å²) < 4.78 is 5.39. The molecule has 2 N–H and O–H groups in total. The molecule has 1 amide bonds. The van der Waals surface area contributed by atoms with Gasteiger partial charge in [-0.3, -0.25) is 15.1 Å². The van der Waals surface area contributed by atoms with Crippen molar-refractivity contribution in [3.8, 4) is 5.75 Å². The fourth-order valence-corrected chi connectivity index (χ4v) is 1.71. The fourth-order valence-electron chi connectivity index (χ4n) is 1.71. The third-order valence-corrected chi connectivity index (χ3v) is 2.61. The molecule has 100 valence electrons. The van der Waals surface area contributed by atoms with Crippen molar-refractivity contribution >= 4 is 22.8 Å². The van der Waals surface area contributed by atoms with E-state index in [1.54, 1.807) is 6.20 Å². The van der Waals surface area contributed by atoms with E-state index in [0.717, 1.165) is 10.9 Å². The maximum absolute atomic E-state index is 11.6. The number of pyridine rings is 1. The van der Waals surface area contributed by atoms with Crippen LogP contribution in [0.1, 0.15) is 0 Å². The van der Waals surface area contributed by atoms with Crippen LogP contribution in [0.25, 0.3) is 10.9 Å². The van der Waals surface area contributed by atoms with E-state index in [-0.39, 0.29) is 18.5 Å². The topological polar surface area (TPSA) is 92.8 Å². The third-order valence-electron chi connectivity index (χ3n) is 2.61. The number of H-pyrrole nitrogens is 1. The minimum absolute atomic E-state index is 0.124. The Bertz CT molecular complexity index is 726. The molecular formula is C13H11N5O2. The van der Waals surface area contributed by atoms with Gasteiger partial charge in [0.15, 0.2) is 6.61 Å². The Morgan fingerprint density at radius 1 is 1.30 bits per heavy atom. The van der Waals surface area contributed by atoms with Crippen molar-refractivity contribution in [1.29, 1.82) is 0 Å². The van der Waals surface area contributed by atoms with Gasteiger partial charge in [-0.2, -0.15) is 10.1 Å². The van der Waals surface area contributed by atoms with Crippen molar-refractivity contribution in [2.45, 2.75) is 0 Å². The highest BCUT2D eigenvalue weighted by Gasteiger charge is 2.06. The SMILES string of the molecule is O=C(COc1cnc2ccccc2c1)Nc1ncn[nH]1. The Morgan fingerprint density at radius 2 is 2.20 bits per heavy atom. The summed E-state index contributed by atoms with van der Waals surface area (Å²) in [7, 11) is 0. The van der Waals surface area contributed by atoms with Crippen molar-refractivity contribution in [3.63, 3.8) is 0 Å². The van der Waals surface area contributed by atoms with Gasteiger partial charge in [0.2, 0.25) is 5.95 Å². The minimum atomic E-state index is -0.324. The first-order chi connectivity index (χ1) is 9.81. The van der Waals surface area contributed by atoms with Crippen LogP contribution in [0.2, 0.25) is 0 Å². The summed E-state index contributed by atoms with van der Waals surface area (Å²) in [5.74, 6) is 0.501. The Hall–Kier alpha value is -2.96. The number of aromatic nitrogens is 4. The van der Waals surface area contributed by atoms with Gasteiger partial charge in [0.1, 0.15) is 12.1 Å². The molecule has 0 atom stereocenters. The molecule has 0 unspecified atom stereocenters. The molecule has 7 nitrogen and oxygen atoms in total. The number of fused-ring (bicyclic) bond motifs is 1. The number of hydrogen-bond donors (Lipinski definition) is 2. The zero-order chi connectivity index (χ0) is 13.8. The molecule has 0 saturated carbocycles.